The van der Waals surface area contributed by atoms with Gasteiger partial charge in [-0.25, -0.2) is 0 Å². The van der Waals surface area contributed by atoms with E-state index in [2.05, 4.69) is 41.1 Å². The number of amides is 2. The Kier molecular flexibility index (Phi) is 6.65. The summed E-state index contributed by atoms with van der Waals surface area (Å²) in [5.74, 6) is 0.427. The topological polar surface area (TPSA) is 71.1 Å². The molecule has 2 saturated heterocycles. The minimum atomic E-state index is -0.469. The summed E-state index contributed by atoms with van der Waals surface area (Å²) in [6.07, 6.45) is 2.30. The van der Waals surface area contributed by atoms with E-state index in [0.717, 1.165) is 50.4 Å². The molecule has 0 radical (unpaired) electrons. The normalized spacial score (nSPS) is 20.9. The molecule has 0 aromatic heterocycles. The highest BCUT2D eigenvalue weighted by atomic mass is 16.5. The van der Waals surface area contributed by atoms with Gasteiger partial charge in [-0.2, -0.15) is 0 Å². The Balaban J connectivity index is 1.19. The molecule has 1 N–H and O–H groups in total. The van der Waals surface area contributed by atoms with E-state index in [9.17, 15) is 9.59 Å². The summed E-state index contributed by atoms with van der Waals surface area (Å²) in [6.45, 7) is 9.36. The predicted molar refractivity (Wildman–Crippen MR) is 128 cm³/mol. The van der Waals surface area contributed by atoms with Gasteiger partial charge in [0.25, 0.3) is 5.91 Å². The van der Waals surface area contributed by atoms with Crippen molar-refractivity contribution in [2.24, 2.45) is 0 Å². The minimum Gasteiger partial charge on any atom is -0.489 e. The highest BCUT2D eigenvalue weighted by Gasteiger charge is 2.39. The number of carbonyl (C=O) groups excluding carboxylic acids is 2. The number of allylic oxidation sites excluding steroid dienone is 1. The van der Waals surface area contributed by atoms with Crippen LogP contribution in [0.3, 0.4) is 0 Å². The molecule has 1 atom stereocenters. The van der Waals surface area contributed by atoms with Crippen LogP contribution >= 0.6 is 0 Å². The zero-order valence-electron chi connectivity index (χ0n) is 19.4. The highest BCUT2D eigenvalue weighted by Crippen LogP contribution is 2.34. The summed E-state index contributed by atoms with van der Waals surface area (Å²) in [7, 11) is 0. The molecule has 5 rings (SSSR count). The Bertz CT molecular complexity index is 1080. The van der Waals surface area contributed by atoms with Gasteiger partial charge in [-0.15, -0.1) is 0 Å². The predicted octanol–water partition coefficient (Wildman–Crippen LogP) is 2.89. The molecule has 0 bridgehead atoms. The largest absolute Gasteiger partial charge is 0.489 e. The van der Waals surface area contributed by atoms with Crippen LogP contribution in [0.5, 0.6) is 5.75 Å². The first-order valence-electron chi connectivity index (χ1n) is 12.0. The van der Waals surface area contributed by atoms with E-state index < -0.39 is 6.04 Å². The average molecular weight is 462 g/mol. The zero-order chi connectivity index (χ0) is 23.5. The highest BCUT2D eigenvalue weighted by molar-refractivity contribution is 6.02. The Hall–Kier alpha value is -3.16. The molecule has 3 heterocycles. The third kappa shape index (κ3) is 4.86. The van der Waals surface area contributed by atoms with Crippen LogP contribution in [0.4, 0.5) is 0 Å². The van der Waals surface area contributed by atoms with Crippen LogP contribution in [-0.2, 0) is 29.1 Å². The quantitative estimate of drug-likeness (QED) is 0.687. The average Bonchev–Trinajstić information content (AvgIpc) is 3.19. The molecule has 2 amide bonds. The lowest BCUT2D eigenvalue weighted by molar-refractivity contribution is -0.126. The van der Waals surface area contributed by atoms with Crippen LogP contribution in [0.2, 0.25) is 0 Å². The van der Waals surface area contributed by atoms with Crippen molar-refractivity contribution in [2.45, 2.75) is 38.5 Å². The summed E-state index contributed by atoms with van der Waals surface area (Å²) in [5.41, 5.74) is 4.58. The van der Waals surface area contributed by atoms with Gasteiger partial charge in [0, 0.05) is 36.5 Å². The van der Waals surface area contributed by atoms with Crippen LogP contribution in [0.15, 0.2) is 54.7 Å². The van der Waals surface area contributed by atoms with Crippen molar-refractivity contribution in [3.8, 4) is 5.75 Å². The molecule has 0 aliphatic carbocycles. The molecule has 1 unspecified atom stereocenters. The van der Waals surface area contributed by atoms with Gasteiger partial charge in [0.1, 0.15) is 18.4 Å². The molecule has 2 aromatic rings. The van der Waals surface area contributed by atoms with Crippen LogP contribution < -0.4 is 10.1 Å². The fourth-order valence-corrected chi connectivity index (χ4v) is 4.85. The third-order valence-corrected chi connectivity index (χ3v) is 6.89. The van der Waals surface area contributed by atoms with Crippen molar-refractivity contribution in [3.05, 3.63) is 77.0 Å². The van der Waals surface area contributed by atoms with Crippen LogP contribution in [0.1, 0.15) is 39.9 Å². The fraction of sp³-hybridized carbons (Fsp3) is 0.407. The van der Waals surface area contributed by atoms with Gasteiger partial charge in [-0.1, -0.05) is 36.9 Å². The second kappa shape index (κ2) is 9.99. The number of rotatable bonds is 7. The lowest BCUT2D eigenvalue weighted by atomic mass is 10.0. The lowest BCUT2D eigenvalue weighted by Crippen LogP contribution is -2.49. The maximum atomic E-state index is 13.0. The number of morpholine rings is 1. The smallest absolute Gasteiger partial charge is 0.255 e. The Morgan fingerprint density at radius 2 is 1.82 bits per heavy atom. The zero-order valence-corrected chi connectivity index (χ0v) is 19.4. The van der Waals surface area contributed by atoms with E-state index in [-0.39, 0.29) is 11.8 Å². The summed E-state index contributed by atoms with van der Waals surface area (Å²) >= 11 is 0. The molecule has 2 aromatic carbocycles. The number of hydrogen-bond donors (Lipinski definition) is 1. The van der Waals surface area contributed by atoms with Gasteiger partial charge < -0.3 is 19.7 Å². The fourth-order valence-electron chi connectivity index (χ4n) is 4.85. The van der Waals surface area contributed by atoms with E-state index in [1.807, 2.05) is 18.2 Å². The molecule has 2 fully saturated rings. The Morgan fingerprint density at radius 1 is 1.06 bits per heavy atom. The maximum Gasteiger partial charge on any atom is 0.255 e. The first-order valence-corrected chi connectivity index (χ1v) is 12.0. The monoisotopic (exact) mass is 461 g/mol. The number of carbonyl (C=O) groups is 2. The van der Waals surface area contributed by atoms with Crippen molar-refractivity contribution in [1.29, 1.82) is 0 Å². The van der Waals surface area contributed by atoms with Gasteiger partial charge in [0.2, 0.25) is 5.91 Å². The number of nitrogens with zero attached hydrogens (tertiary/aromatic N) is 2. The SMILES string of the molecule is C=C1CCC(N2Cc3c(OCc4ccc(CCN5CCOCC5)cc4)cccc3C2=O)C(=O)N1. The number of fused-ring (bicyclic) bond motifs is 1. The summed E-state index contributed by atoms with van der Waals surface area (Å²) < 4.78 is 11.6. The first-order chi connectivity index (χ1) is 16.6. The second-order valence-corrected chi connectivity index (χ2v) is 9.17. The molecule has 0 saturated carbocycles. The molecule has 7 heteroatoms. The van der Waals surface area contributed by atoms with Gasteiger partial charge in [-0.3, -0.25) is 14.5 Å². The number of nitrogens with one attached hydrogen (secondary N) is 1. The Morgan fingerprint density at radius 3 is 2.59 bits per heavy atom. The van der Waals surface area contributed by atoms with Crippen LogP contribution in [-0.4, -0.2) is 60.5 Å². The van der Waals surface area contributed by atoms with E-state index in [4.69, 9.17) is 9.47 Å². The van der Waals surface area contributed by atoms with Gasteiger partial charge in [-0.05, 0) is 42.5 Å². The molecule has 3 aliphatic rings. The first kappa shape index (κ1) is 22.6. The number of hydrogen-bond acceptors (Lipinski definition) is 5. The van der Waals surface area contributed by atoms with E-state index in [0.29, 0.717) is 43.0 Å². The summed E-state index contributed by atoms with van der Waals surface area (Å²) in [4.78, 5) is 29.6. The molecule has 34 heavy (non-hydrogen) atoms. The summed E-state index contributed by atoms with van der Waals surface area (Å²) in [6, 6.07) is 13.6. The molecule has 3 aliphatic heterocycles. The Labute approximate surface area is 200 Å². The number of piperidine rings is 1. The van der Waals surface area contributed by atoms with Crippen LogP contribution in [0.25, 0.3) is 0 Å². The molecule has 178 valence electrons. The van der Waals surface area contributed by atoms with E-state index in [1.54, 1.807) is 4.90 Å². The van der Waals surface area contributed by atoms with Crippen molar-refractivity contribution in [2.75, 3.05) is 32.8 Å². The standard InChI is InChI=1S/C27H31N3O4/c1-19-5-10-24(26(31)28-19)30-17-23-22(27(30)32)3-2-4-25(23)34-18-21-8-6-20(7-9-21)11-12-29-13-15-33-16-14-29/h2-4,6-9,24H,1,5,10-18H2,(H,28,31). The molecular formula is C27H31N3O4. The van der Waals surface area contributed by atoms with Gasteiger partial charge >= 0.3 is 0 Å². The van der Waals surface area contributed by atoms with Crippen molar-refractivity contribution in [1.82, 2.24) is 15.1 Å². The number of ether oxygens (including phenoxy) is 2. The van der Waals surface area contributed by atoms with Gasteiger partial charge in [0.15, 0.2) is 0 Å². The van der Waals surface area contributed by atoms with Crippen molar-refractivity contribution in [3.63, 3.8) is 0 Å². The third-order valence-electron chi connectivity index (χ3n) is 6.89. The molecule has 0 spiro atoms. The van der Waals surface area contributed by atoms with Crippen LogP contribution in [0, 0.1) is 0 Å². The van der Waals surface area contributed by atoms with E-state index in [1.165, 1.54) is 5.56 Å². The molecular weight excluding hydrogens is 430 g/mol. The second-order valence-electron chi connectivity index (χ2n) is 9.17. The van der Waals surface area contributed by atoms with Crippen molar-refractivity contribution < 1.29 is 19.1 Å². The lowest BCUT2D eigenvalue weighted by Gasteiger charge is -2.31. The van der Waals surface area contributed by atoms with E-state index >= 15 is 0 Å². The maximum absolute atomic E-state index is 13.0. The van der Waals surface area contributed by atoms with Gasteiger partial charge in [0.05, 0.1) is 19.8 Å². The minimum absolute atomic E-state index is 0.113. The summed E-state index contributed by atoms with van der Waals surface area (Å²) in [5, 5.41) is 2.78. The molecule has 7 nitrogen and oxygen atoms in total. The van der Waals surface area contributed by atoms with Crippen molar-refractivity contribution >= 4 is 11.8 Å². The number of benzene rings is 2.